The minimum Gasteiger partial charge on any atom is -0.352 e. The van der Waals surface area contributed by atoms with Gasteiger partial charge in [0.05, 0.1) is 5.56 Å². The van der Waals surface area contributed by atoms with Gasteiger partial charge in [-0.3, -0.25) is 14.4 Å². The zero-order valence-corrected chi connectivity index (χ0v) is 12.3. The van der Waals surface area contributed by atoms with Crippen molar-refractivity contribution in [2.75, 3.05) is 0 Å². The van der Waals surface area contributed by atoms with Crippen molar-refractivity contribution in [3.63, 3.8) is 0 Å². The third-order valence-electron chi connectivity index (χ3n) is 3.29. The van der Waals surface area contributed by atoms with E-state index in [-0.39, 0.29) is 24.3 Å². The Morgan fingerprint density at radius 2 is 1.86 bits per heavy atom. The lowest BCUT2D eigenvalue weighted by atomic mass is 10.1. The molecule has 0 spiro atoms. The lowest BCUT2D eigenvalue weighted by Gasteiger charge is -2.13. The monoisotopic (exact) mass is 304 g/mol. The Morgan fingerprint density at radius 3 is 2.41 bits per heavy atom. The summed E-state index contributed by atoms with van der Waals surface area (Å²) in [6, 6.07) is 4.80. The molecular weight excluding hydrogens is 288 g/mol. The quantitative estimate of drug-likeness (QED) is 0.833. The first-order valence-electron chi connectivity index (χ1n) is 6.80. The third kappa shape index (κ3) is 3.49. The Bertz CT molecular complexity index is 637. The SMILES string of the molecule is CC(=O)NCc1ccc(C(=O)ON2C(=O)CCC2=O)cc1C. The van der Waals surface area contributed by atoms with Gasteiger partial charge in [-0.25, -0.2) is 4.79 Å². The minimum atomic E-state index is -0.766. The molecule has 2 rings (SSSR count). The van der Waals surface area contributed by atoms with Crippen molar-refractivity contribution in [3.8, 4) is 0 Å². The summed E-state index contributed by atoms with van der Waals surface area (Å²) in [5.74, 6) is -1.94. The van der Waals surface area contributed by atoms with Crippen LogP contribution >= 0.6 is 0 Å². The largest absolute Gasteiger partial charge is 0.363 e. The molecule has 0 radical (unpaired) electrons. The Morgan fingerprint density at radius 1 is 1.23 bits per heavy atom. The lowest BCUT2D eigenvalue weighted by Crippen LogP contribution is -2.32. The van der Waals surface area contributed by atoms with E-state index in [9.17, 15) is 19.2 Å². The molecule has 1 saturated heterocycles. The van der Waals surface area contributed by atoms with Crippen LogP contribution in [0, 0.1) is 6.92 Å². The first kappa shape index (κ1) is 15.7. The first-order valence-corrected chi connectivity index (χ1v) is 6.80. The zero-order valence-electron chi connectivity index (χ0n) is 12.3. The molecule has 116 valence electrons. The number of carbonyl (C=O) groups excluding carboxylic acids is 4. The number of rotatable bonds is 4. The number of nitrogens with zero attached hydrogens (tertiary/aromatic N) is 1. The molecule has 1 heterocycles. The number of hydroxylamine groups is 2. The van der Waals surface area contributed by atoms with Crippen molar-refractivity contribution in [2.24, 2.45) is 0 Å². The van der Waals surface area contributed by atoms with Crippen LogP contribution in [-0.2, 0) is 25.8 Å². The first-order chi connectivity index (χ1) is 10.4. The molecule has 0 aliphatic carbocycles. The van der Waals surface area contributed by atoms with Gasteiger partial charge in [0.2, 0.25) is 5.91 Å². The van der Waals surface area contributed by atoms with E-state index in [1.54, 1.807) is 19.1 Å². The topological polar surface area (TPSA) is 92.8 Å². The Balaban J connectivity index is 2.07. The zero-order chi connectivity index (χ0) is 16.3. The summed E-state index contributed by atoms with van der Waals surface area (Å²) in [7, 11) is 0. The Hall–Kier alpha value is -2.70. The smallest absolute Gasteiger partial charge is 0.352 e. The predicted molar refractivity (Wildman–Crippen MR) is 75.2 cm³/mol. The molecule has 22 heavy (non-hydrogen) atoms. The van der Waals surface area contributed by atoms with Crippen LogP contribution in [0.5, 0.6) is 0 Å². The lowest BCUT2D eigenvalue weighted by molar-refractivity contribution is -0.172. The summed E-state index contributed by atoms with van der Waals surface area (Å²) in [5.41, 5.74) is 1.89. The van der Waals surface area contributed by atoms with Gasteiger partial charge in [-0.1, -0.05) is 6.07 Å². The second kappa shape index (κ2) is 6.38. The van der Waals surface area contributed by atoms with Gasteiger partial charge < -0.3 is 10.2 Å². The van der Waals surface area contributed by atoms with Gasteiger partial charge >= 0.3 is 5.97 Å². The summed E-state index contributed by atoms with van der Waals surface area (Å²) < 4.78 is 0. The van der Waals surface area contributed by atoms with Crippen LogP contribution < -0.4 is 5.32 Å². The number of hydrogen-bond acceptors (Lipinski definition) is 5. The van der Waals surface area contributed by atoms with Gasteiger partial charge in [-0.2, -0.15) is 0 Å². The van der Waals surface area contributed by atoms with Crippen molar-refractivity contribution < 1.29 is 24.0 Å². The van der Waals surface area contributed by atoms with E-state index in [4.69, 9.17) is 4.84 Å². The van der Waals surface area contributed by atoms with Crippen molar-refractivity contribution >= 4 is 23.7 Å². The van der Waals surface area contributed by atoms with Crippen LogP contribution in [0.4, 0.5) is 0 Å². The van der Waals surface area contributed by atoms with Crippen LogP contribution in [0.1, 0.15) is 41.3 Å². The maximum atomic E-state index is 12.0. The number of aryl methyl sites for hydroxylation is 1. The second-order valence-electron chi connectivity index (χ2n) is 5.01. The van der Waals surface area contributed by atoms with Crippen LogP contribution in [0.2, 0.25) is 0 Å². The number of amides is 3. The maximum absolute atomic E-state index is 12.0. The normalized spacial score (nSPS) is 14.2. The van der Waals surface area contributed by atoms with Crippen molar-refractivity contribution in [1.29, 1.82) is 0 Å². The molecule has 3 amide bonds. The molecule has 1 aromatic rings. The summed E-state index contributed by atoms with van der Waals surface area (Å²) >= 11 is 0. The fraction of sp³-hybridized carbons (Fsp3) is 0.333. The molecule has 1 N–H and O–H groups in total. The van der Waals surface area contributed by atoms with E-state index in [1.165, 1.54) is 13.0 Å². The van der Waals surface area contributed by atoms with Crippen LogP contribution in [0.15, 0.2) is 18.2 Å². The van der Waals surface area contributed by atoms with Gasteiger partial charge in [0.25, 0.3) is 11.8 Å². The highest BCUT2D eigenvalue weighted by molar-refractivity contribution is 6.02. The van der Waals surface area contributed by atoms with E-state index in [0.717, 1.165) is 11.1 Å². The Kier molecular flexibility index (Phi) is 4.55. The van der Waals surface area contributed by atoms with Crippen molar-refractivity contribution in [3.05, 3.63) is 34.9 Å². The van der Waals surface area contributed by atoms with Gasteiger partial charge in [0, 0.05) is 26.3 Å². The fourth-order valence-corrected chi connectivity index (χ4v) is 2.03. The molecule has 0 bridgehead atoms. The highest BCUT2D eigenvalue weighted by atomic mass is 16.7. The predicted octanol–water partition coefficient (Wildman–Crippen LogP) is 0.852. The van der Waals surface area contributed by atoms with Crippen LogP contribution in [0.3, 0.4) is 0 Å². The molecule has 0 atom stereocenters. The summed E-state index contributed by atoms with van der Waals surface area (Å²) in [4.78, 5) is 50.5. The molecule has 0 saturated carbocycles. The van der Waals surface area contributed by atoms with Crippen LogP contribution in [-0.4, -0.2) is 28.8 Å². The second-order valence-corrected chi connectivity index (χ2v) is 5.01. The number of nitrogens with one attached hydrogen (secondary N) is 1. The van der Waals surface area contributed by atoms with E-state index >= 15 is 0 Å². The fourth-order valence-electron chi connectivity index (χ4n) is 2.03. The van der Waals surface area contributed by atoms with E-state index < -0.39 is 17.8 Å². The molecule has 0 aromatic heterocycles. The summed E-state index contributed by atoms with van der Waals surface area (Å²) in [6.45, 7) is 3.57. The standard InChI is InChI=1S/C15H16N2O5/c1-9-7-11(3-4-12(9)8-16-10(2)18)15(21)22-17-13(19)5-6-14(17)20/h3-4,7H,5-6,8H2,1-2H3,(H,16,18). The molecule has 1 aromatic carbocycles. The maximum Gasteiger partial charge on any atom is 0.363 e. The van der Waals surface area contributed by atoms with Gasteiger partial charge in [0.1, 0.15) is 0 Å². The van der Waals surface area contributed by atoms with Gasteiger partial charge in [0.15, 0.2) is 0 Å². The Labute approximate surface area is 127 Å². The molecule has 1 fully saturated rings. The van der Waals surface area contributed by atoms with E-state index in [1.807, 2.05) is 0 Å². The number of imide groups is 1. The molecule has 0 unspecified atom stereocenters. The van der Waals surface area contributed by atoms with Crippen LogP contribution in [0.25, 0.3) is 0 Å². The summed E-state index contributed by atoms with van der Waals surface area (Å²) in [6.07, 6.45) is 0.113. The minimum absolute atomic E-state index is 0.0563. The van der Waals surface area contributed by atoms with Crippen molar-refractivity contribution in [1.82, 2.24) is 10.4 Å². The van der Waals surface area contributed by atoms with Gasteiger partial charge in [-0.05, 0) is 30.2 Å². The number of carbonyl (C=O) groups is 4. The average Bonchev–Trinajstić information content (AvgIpc) is 2.77. The molecule has 1 aliphatic heterocycles. The van der Waals surface area contributed by atoms with Crippen molar-refractivity contribution in [2.45, 2.75) is 33.2 Å². The van der Waals surface area contributed by atoms with E-state index in [2.05, 4.69) is 5.32 Å². The van der Waals surface area contributed by atoms with E-state index in [0.29, 0.717) is 11.6 Å². The molecule has 1 aliphatic rings. The molecule has 7 heteroatoms. The highest BCUT2D eigenvalue weighted by Crippen LogP contribution is 2.16. The molecular formula is C15H16N2O5. The highest BCUT2D eigenvalue weighted by Gasteiger charge is 2.33. The average molecular weight is 304 g/mol. The third-order valence-corrected chi connectivity index (χ3v) is 3.29. The number of hydrogen-bond donors (Lipinski definition) is 1. The molecule has 7 nitrogen and oxygen atoms in total. The number of benzene rings is 1. The van der Waals surface area contributed by atoms with Gasteiger partial charge in [-0.15, -0.1) is 5.06 Å². The summed E-state index contributed by atoms with van der Waals surface area (Å²) in [5, 5.41) is 3.19.